The molecule has 1 aliphatic heterocycles. The second-order valence-corrected chi connectivity index (χ2v) is 8.91. The molecule has 0 radical (unpaired) electrons. The minimum absolute atomic E-state index is 0.371. The van der Waals surface area contributed by atoms with E-state index in [1.54, 1.807) is 18.5 Å². The van der Waals surface area contributed by atoms with Crippen LogP contribution in [0.15, 0.2) is 60.9 Å². The number of aromatic carboxylic acids is 1. The molecule has 1 saturated heterocycles. The van der Waals surface area contributed by atoms with Crippen LogP contribution in [-0.2, 0) is 12.8 Å². The fourth-order valence-corrected chi connectivity index (χ4v) is 4.98. The molecule has 3 aromatic rings. The maximum atomic E-state index is 11.5. The van der Waals surface area contributed by atoms with Crippen molar-refractivity contribution in [2.24, 2.45) is 0 Å². The molecular weight excluding hydrogens is 398 g/mol. The Hall–Kier alpha value is -3.34. The summed E-state index contributed by atoms with van der Waals surface area (Å²) in [6.45, 7) is 2.33. The average Bonchev–Trinajstić information content (AvgIpc) is 3.19. The normalized spacial score (nSPS) is 17.0. The Bertz CT molecular complexity index is 1120. The summed E-state index contributed by atoms with van der Waals surface area (Å²) in [7, 11) is 2.13. The molecule has 2 aliphatic rings. The van der Waals surface area contributed by atoms with Crippen LogP contribution in [0.3, 0.4) is 0 Å². The lowest BCUT2D eigenvalue weighted by Crippen LogP contribution is -2.36. The SMILES string of the molecule is CN(c1ccc(N2CCC2)cc1)c1ccc2c(c1)CC[C@H]2CCc1cnccc1C(=O)O. The highest BCUT2D eigenvalue weighted by Crippen LogP contribution is 2.39. The van der Waals surface area contributed by atoms with E-state index in [1.165, 1.54) is 47.7 Å². The van der Waals surface area contributed by atoms with Crippen molar-refractivity contribution >= 4 is 23.0 Å². The number of carboxylic acids is 1. The third-order valence-electron chi connectivity index (χ3n) is 7.07. The Morgan fingerprint density at radius 3 is 2.62 bits per heavy atom. The molecule has 32 heavy (non-hydrogen) atoms. The van der Waals surface area contributed by atoms with Gasteiger partial charge in [0.05, 0.1) is 5.56 Å². The Kier molecular flexibility index (Phi) is 5.56. The molecule has 2 aromatic carbocycles. The molecule has 2 heterocycles. The largest absolute Gasteiger partial charge is 0.478 e. The first-order chi connectivity index (χ1) is 15.6. The highest BCUT2D eigenvalue weighted by Gasteiger charge is 2.24. The molecule has 0 bridgehead atoms. The molecule has 5 nitrogen and oxygen atoms in total. The van der Waals surface area contributed by atoms with Gasteiger partial charge in [-0.25, -0.2) is 4.79 Å². The van der Waals surface area contributed by atoms with Crippen LogP contribution in [0.2, 0.25) is 0 Å². The number of carboxylic acid groups (broad SMARTS) is 1. The van der Waals surface area contributed by atoms with Gasteiger partial charge in [-0.05, 0) is 97.2 Å². The quantitative estimate of drug-likeness (QED) is 0.546. The van der Waals surface area contributed by atoms with E-state index < -0.39 is 5.97 Å². The molecule has 164 valence electrons. The molecule has 0 amide bonds. The molecule has 1 aliphatic carbocycles. The van der Waals surface area contributed by atoms with Crippen LogP contribution in [-0.4, -0.2) is 36.2 Å². The summed E-state index contributed by atoms with van der Waals surface area (Å²) in [6.07, 6.45) is 8.43. The zero-order valence-electron chi connectivity index (χ0n) is 18.5. The van der Waals surface area contributed by atoms with Crippen molar-refractivity contribution < 1.29 is 9.90 Å². The number of fused-ring (bicyclic) bond motifs is 1. The summed E-state index contributed by atoms with van der Waals surface area (Å²) in [4.78, 5) is 20.3. The van der Waals surface area contributed by atoms with Crippen molar-refractivity contribution in [3.63, 3.8) is 0 Å². The molecule has 0 spiro atoms. The first-order valence-electron chi connectivity index (χ1n) is 11.5. The van der Waals surface area contributed by atoms with Crippen molar-refractivity contribution in [1.29, 1.82) is 0 Å². The van der Waals surface area contributed by atoms with Crippen LogP contribution in [0.25, 0.3) is 0 Å². The number of rotatable bonds is 7. The van der Waals surface area contributed by atoms with E-state index in [9.17, 15) is 9.90 Å². The van der Waals surface area contributed by atoms with Gasteiger partial charge in [0, 0.05) is 49.6 Å². The lowest BCUT2D eigenvalue weighted by atomic mass is 9.93. The Labute approximate surface area is 189 Å². The summed E-state index contributed by atoms with van der Waals surface area (Å²) in [5, 5.41) is 9.41. The van der Waals surface area contributed by atoms with E-state index in [4.69, 9.17) is 0 Å². The van der Waals surface area contributed by atoms with E-state index >= 15 is 0 Å². The zero-order valence-corrected chi connectivity index (χ0v) is 18.5. The predicted octanol–water partition coefficient (Wildman–Crippen LogP) is 5.42. The summed E-state index contributed by atoms with van der Waals surface area (Å²) in [5.74, 6) is -0.401. The number of aryl methyl sites for hydroxylation is 2. The van der Waals surface area contributed by atoms with Gasteiger partial charge >= 0.3 is 5.97 Å². The van der Waals surface area contributed by atoms with E-state index in [2.05, 4.69) is 64.3 Å². The van der Waals surface area contributed by atoms with Crippen LogP contribution >= 0.6 is 0 Å². The van der Waals surface area contributed by atoms with Crippen LogP contribution in [0.1, 0.15) is 52.2 Å². The van der Waals surface area contributed by atoms with E-state index in [1.807, 2.05) is 0 Å². The predicted molar refractivity (Wildman–Crippen MR) is 128 cm³/mol. The zero-order chi connectivity index (χ0) is 22.1. The van der Waals surface area contributed by atoms with Crippen molar-refractivity contribution in [1.82, 2.24) is 4.98 Å². The minimum Gasteiger partial charge on any atom is -0.478 e. The number of anilines is 3. The third kappa shape index (κ3) is 3.95. The maximum absolute atomic E-state index is 11.5. The third-order valence-corrected chi connectivity index (χ3v) is 7.07. The number of pyridine rings is 1. The lowest BCUT2D eigenvalue weighted by Gasteiger charge is -2.33. The summed E-state index contributed by atoms with van der Waals surface area (Å²) >= 11 is 0. The molecule has 0 saturated carbocycles. The fourth-order valence-electron chi connectivity index (χ4n) is 4.98. The number of hydrogen-bond donors (Lipinski definition) is 1. The standard InChI is InChI=1S/C27H29N3O2/c1-29(22-7-9-23(10-8-22)30-15-2-16-30)24-11-12-25-19(3-5-20(25)17-24)4-6-21-18-28-14-13-26(21)27(31)32/h7-14,17-19H,2-6,15-16H2,1H3,(H,31,32)/t19-/m0/s1. The van der Waals surface area contributed by atoms with Crippen molar-refractivity contribution in [2.75, 3.05) is 29.9 Å². The Morgan fingerprint density at radius 2 is 1.91 bits per heavy atom. The maximum Gasteiger partial charge on any atom is 0.336 e. The molecule has 1 N–H and O–H groups in total. The van der Waals surface area contributed by atoms with Crippen molar-refractivity contribution in [3.05, 3.63) is 83.2 Å². The topological polar surface area (TPSA) is 56.7 Å². The smallest absolute Gasteiger partial charge is 0.336 e. The summed E-state index contributed by atoms with van der Waals surface area (Å²) < 4.78 is 0. The minimum atomic E-state index is -0.875. The lowest BCUT2D eigenvalue weighted by molar-refractivity contribution is 0.0695. The van der Waals surface area contributed by atoms with Gasteiger partial charge in [-0.2, -0.15) is 0 Å². The second-order valence-electron chi connectivity index (χ2n) is 8.91. The number of benzene rings is 2. The monoisotopic (exact) mass is 427 g/mol. The average molecular weight is 428 g/mol. The van der Waals surface area contributed by atoms with Gasteiger partial charge in [0.25, 0.3) is 0 Å². The molecule has 1 atom stereocenters. The van der Waals surface area contributed by atoms with Crippen LogP contribution in [0.5, 0.6) is 0 Å². The van der Waals surface area contributed by atoms with Gasteiger partial charge < -0.3 is 14.9 Å². The van der Waals surface area contributed by atoms with Gasteiger partial charge in [0.1, 0.15) is 0 Å². The molecule has 5 heteroatoms. The first kappa shape index (κ1) is 20.6. The number of nitrogens with zero attached hydrogens (tertiary/aromatic N) is 3. The van der Waals surface area contributed by atoms with Crippen molar-refractivity contribution in [3.8, 4) is 0 Å². The van der Waals surface area contributed by atoms with E-state index in [-0.39, 0.29) is 0 Å². The summed E-state index contributed by atoms with van der Waals surface area (Å²) in [5.41, 5.74) is 7.74. The van der Waals surface area contributed by atoms with Gasteiger partial charge in [-0.15, -0.1) is 0 Å². The van der Waals surface area contributed by atoms with Gasteiger partial charge in [0.15, 0.2) is 0 Å². The number of aromatic nitrogens is 1. The van der Waals surface area contributed by atoms with E-state index in [0.29, 0.717) is 11.5 Å². The highest BCUT2D eigenvalue weighted by atomic mass is 16.4. The summed E-state index contributed by atoms with van der Waals surface area (Å²) in [6, 6.07) is 17.3. The van der Waals surface area contributed by atoms with E-state index in [0.717, 1.165) is 31.2 Å². The Balaban J connectivity index is 1.28. The van der Waals surface area contributed by atoms with Crippen LogP contribution in [0, 0.1) is 0 Å². The number of carbonyl (C=O) groups is 1. The van der Waals surface area contributed by atoms with Crippen LogP contribution in [0.4, 0.5) is 17.1 Å². The van der Waals surface area contributed by atoms with Crippen LogP contribution < -0.4 is 9.80 Å². The van der Waals surface area contributed by atoms with Gasteiger partial charge in [-0.3, -0.25) is 4.98 Å². The Morgan fingerprint density at radius 1 is 1.12 bits per heavy atom. The molecule has 5 rings (SSSR count). The van der Waals surface area contributed by atoms with Crippen molar-refractivity contribution in [2.45, 2.75) is 38.0 Å². The molecule has 1 fully saturated rings. The van der Waals surface area contributed by atoms with Gasteiger partial charge in [-0.1, -0.05) is 6.07 Å². The highest BCUT2D eigenvalue weighted by molar-refractivity contribution is 5.89. The number of hydrogen-bond acceptors (Lipinski definition) is 4. The second kappa shape index (κ2) is 8.65. The van der Waals surface area contributed by atoms with Gasteiger partial charge in [0.2, 0.25) is 0 Å². The first-order valence-corrected chi connectivity index (χ1v) is 11.5. The molecule has 0 unspecified atom stereocenters. The molecular formula is C27H29N3O2. The molecule has 1 aromatic heterocycles. The fraction of sp³-hybridized carbons (Fsp3) is 0.333.